The van der Waals surface area contributed by atoms with Crippen molar-refractivity contribution in [1.29, 1.82) is 0 Å². The van der Waals surface area contributed by atoms with Crippen molar-refractivity contribution < 1.29 is 14.3 Å². The van der Waals surface area contributed by atoms with Gasteiger partial charge in [-0.3, -0.25) is 9.59 Å². The highest BCUT2D eigenvalue weighted by Gasteiger charge is 2.15. The molecule has 1 rings (SSSR count). The highest BCUT2D eigenvalue weighted by atomic mass is 16.5. The van der Waals surface area contributed by atoms with Gasteiger partial charge in [-0.2, -0.15) is 0 Å². The zero-order valence-corrected chi connectivity index (χ0v) is 11.3. The summed E-state index contributed by atoms with van der Waals surface area (Å²) < 4.78 is 5.07. The van der Waals surface area contributed by atoms with Crippen LogP contribution in [0.4, 0.5) is 0 Å². The number of allylic oxidation sites excluding steroid dienone is 1. The number of carbonyl (C=O) groups is 2. The molecule has 96 valence electrons. The van der Waals surface area contributed by atoms with Gasteiger partial charge in [0.05, 0.1) is 0 Å². The van der Waals surface area contributed by atoms with E-state index in [0.29, 0.717) is 23.3 Å². The van der Waals surface area contributed by atoms with Crippen molar-refractivity contribution in [1.82, 2.24) is 0 Å². The van der Waals surface area contributed by atoms with Crippen LogP contribution < -0.4 is 4.74 Å². The van der Waals surface area contributed by atoms with Crippen LogP contribution in [0.2, 0.25) is 0 Å². The molecule has 0 aliphatic heterocycles. The molecule has 18 heavy (non-hydrogen) atoms. The minimum absolute atomic E-state index is 0.0486. The van der Waals surface area contributed by atoms with Gasteiger partial charge in [-0.25, -0.2) is 0 Å². The third kappa shape index (κ3) is 2.86. The molecule has 3 heteroatoms. The van der Waals surface area contributed by atoms with Gasteiger partial charge in [-0.15, -0.1) is 0 Å². The number of ketones is 1. The molecule has 0 aliphatic carbocycles. The molecule has 0 amide bonds. The van der Waals surface area contributed by atoms with E-state index in [1.807, 2.05) is 20.8 Å². The van der Waals surface area contributed by atoms with E-state index in [9.17, 15) is 9.59 Å². The molecular formula is C15H18O3. The largest absolute Gasteiger partial charge is 0.426 e. The molecular weight excluding hydrogens is 228 g/mol. The van der Waals surface area contributed by atoms with E-state index in [4.69, 9.17) is 4.74 Å². The van der Waals surface area contributed by atoms with Gasteiger partial charge in [0.25, 0.3) is 0 Å². The summed E-state index contributed by atoms with van der Waals surface area (Å²) >= 11 is 0. The fourth-order valence-electron chi connectivity index (χ4n) is 1.66. The molecule has 0 aromatic heterocycles. The van der Waals surface area contributed by atoms with Crippen LogP contribution in [-0.2, 0) is 4.79 Å². The summed E-state index contributed by atoms with van der Waals surface area (Å²) in [6, 6.07) is 3.34. The van der Waals surface area contributed by atoms with E-state index < -0.39 is 0 Å². The summed E-state index contributed by atoms with van der Waals surface area (Å²) in [7, 11) is 0. The molecule has 0 radical (unpaired) electrons. The Morgan fingerprint density at radius 2 is 1.83 bits per heavy atom. The zero-order chi connectivity index (χ0) is 13.9. The predicted octanol–water partition coefficient (Wildman–Crippen LogP) is 3.38. The quantitative estimate of drug-likeness (QED) is 0.354. The number of esters is 1. The van der Waals surface area contributed by atoms with Crippen LogP contribution in [0, 0.1) is 13.8 Å². The highest BCUT2D eigenvalue weighted by Crippen LogP contribution is 2.26. The normalized spacial score (nSPS) is 10.0. The first kappa shape index (κ1) is 14.2. The number of carbonyl (C=O) groups excluding carboxylic acids is 2. The maximum Gasteiger partial charge on any atom is 0.308 e. The Hall–Kier alpha value is -1.90. The smallest absolute Gasteiger partial charge is 0.308 e. The molecule has 0 heterocycles. The molecule has 0 saturated heterocycles. The Balaban J connectivity index is 3.19. The van der Waals surface area contributed by atoms with Crippen LogP contribution in [0.25, 0.3) is 0 Å². The standard InChI is InChI=1S/C15H18O3/c1-6-9(2)15(17)13-7-8-14(18-12(5)16)11(4)10(13)3/h7-8H,2,6H2,1,3-5H3. The maximum atomic E-state index is 12.1. The second kappa shape index (κ2) is 5.63. The number of Topliss-reactive ketones (excluding diaryl/α,β-unsaturated/α-hetero) is 1. The first-order valence-electron chi connectivity index (χ1n) is 5.89. The molecule has 0 aliphatic rings. The van der Waals surface area contributed by atoms with Crippen LogP contribution in [0.1, 0.15) is 41.8 Å². The summed E-state index contributed by atoms with van der Waals surface area (Å²) in [6.07, 6.45) is 0.628. The molecule has 0 N–H and O–H groups in total. The third-order valence-electron chi connectivity index (χ3n) is 2.98. The zero-order valence-electron chi connectivity index (χ0n) is 11.3. The molecule has 0 fully saturated rings. The molecule has 0 atom stereocenters. The predicted molar refractivity (Wildman–Crippen MR) is 71.0 cm³/mol. The number of rotatable bonds is 4. The van der Waals surface area contributed by atoms with Crippen molar-refractivity contribution >= 4 is 11.8 Å². The summed E-state index contributed by atoms with van der Waals surface area (Å²) in [6.45, 7) is 10.7. The van der Waals surface area contributed by atoms with E-state index in [2.05, 4.69) is 6.58 Å². The number of hydrogen-bond donors (Lipinski definition) is 0. The monoisotopic (exact) mass is 246 g/mol. The second-order valence-corrected chi connectivity index (χ2v) is 4.24. The van der Waals surface area contributed by atoms with Crippen LogP contribution >= 0.6 is 0 Å². The van der Waals surface area contributed by atoms with Crippen molar-refractivity contribution in [3.8, 4) is 5.75 Å². The molecule has 1 aromatic carbocycles. The average molecular weight is 246 g/mol. The lowest BCUT2D eigenvalue weighted by Gasteiger charge is -2.12. The minimum atomic E-state index is -0.366. The van der Waals surface area contributed by atoms with Crippen LogP contribution in [0.3, 0.4) is 0 Å². The fraction of sp³-hybridized carbons (Fsp3) is 0.333. The van der Waals surface area contributed by atoms with Crippen molar-refractivity contribution in [3.63, 3.8) is 0 Å². The number of benzene rings is 1. The maximum absolute atomic E-state index is 12.1. The molecule has 3 nitrogen and oxygen atoms in total. The van der Waals surface area contributed by atoms with Crippen molar-refractivity contribution in [3.05, 3.63) is 41.0 Å². The van der Waals surface area contributed by atoms with Gasteiger partial charge in [0.1, 0.15) is 5.75 Å². The van der Waals surface area contributed by atoms with Gasteiger partial charge in [0, 0.05) is 12.5 Å². The summed E-state index contributed by atoms with van der Waals surface area (Å²) in [5.74, 6) is 0.0840. The fourth-order valence-corrected chi connectivity index (χ4v) is 1.66. The van der Waals surface area contributed by atoms with Crippen LogP contribution in [0.15, 0.2) is 24.3 Å². The van der Waals surface area contributed by atoms with Crippen LogP contribution in [-0.4, -0.2) is 11.8 Å². The number of ether oxygens (including phenoxy) is 1. The molecule has 0 saturated carbocycles. The topological polar surface area (TPSA) is 43.4 Å². The Kier molecular flexibility index (Phi) is 4.43. The Morgan fingerprint density at radius 3 is 2.33 bits per heavy atom. The SMILES string of the molecule is C=C(CC)C(=O)c1ccc(OC(C)=O)c(C)c1C. The van der Waals surface area contributed by atoms with Gasteiger partial charge in [0.15, 0.2) is 5.78 Å². The lowest BCUT2D eigenvalue weighted by atomic mass is 9.95. The molecule has 0 bridgehead atoms. The highest BCUT2D eigenvalue weighted by molar-refractivity contribution is 6.09. The van der Waals surface area contributed by atoms with Gasteiger partial charge >= 0.3 is 5.97 Å². The van der Waals surface area contributed by atoms with E-state index in [1.165, 1.54) is 6.92 Å². The Morgan fingerprint density at radius 1 is 1.22 bits per heavy atom. The first-order chi connectivity index (χ1) is 8.38. The van der Waals surface area contributed by atoms with Gasteiger partial charge in [-0.1, -0.05) is 13.5 Å². The Bertz CT molecular complexity index is 513. The lowest BCUT2D eigenvalue weighted by molar-refractivity contribution is -0.131. The van der Waals surface area contributed by atoms with E-state index >= 15 is 0 Å². The second-order valence-electron chi connectivity index (χ2n) is 4.24. The van der Waals surface area contributed by atoms with E-state index in [1.54, 1.807) is 12.1 Å². The van der Waals surface area contributed by atoms with Crippen molar-refractivity contribution in [2.75, 3.05) is 0 Å². The summed E-state index contributed by atoms with van der Waals surface area (Å²) in [4.78, 5) is 23.0. The van der Waals surface area contributed by atoms with Crippen molar-refractivity contribution in [2.45, 2.75) is 34.1 Å². The lowest BCUT2D eigenvalue weighted by Crippen LogP contribution is -2.08. The minimum Gasteiger partial charge on any atom is -0.426 e. The molecule has 0 spiro atoms. The molecule has 0 unspecified atom stereocenters. The third-order valence-corrected chi connectivity index (χ3v) is 2.98. The summed E-state index contributed by atoms with van der Waals surface area (Å²) in [5.41, 5.74) is 2.83. The number of hydrogen-bond acceptors (Lipinski definition) is 3. The van der Waals surface area contributed by atoms with Crippen LogP contribution in [0.5, 0.6) is 5.75 Å². The average Bonchev–Trinajstić information content (AvgIpc) is 2.33. The van der Waals surface area contributed by atoms with Gasteiger partial charge < -0.3 is 4.74 Å². The van der Waals surface area contributed by atoms with E-state index in [0.717, 1.165) is 11.1 Å². The van der Waals surface area contributed by atoms with Crippen molar-refractivity contribution in [2.24, 2.45) is 0 Å². The van der Waals surface area contributed by atoms with Gasteiger partial charge in [-0.05, 0) is 49.1 Å². The Labute approximate surface area is 107 Å². The first-order valence-corrected chi connectivity index (χ1v) is 5.89. The van der Waals surface area contributed by atoms with E-state index in [-0.39, 0.29) is 11.8 Å². The van der Waals surface area contributed by atoms with Gasteiger partial charge in [0.2, 0.25) is 0 Å². The summed E-state index contributed by atoms with van der Waals surface area (Å²) in [5, 5.41) is 0. The molecule has 1 aromatic rings.